The summed E-state index contributed by atoms with van der Waals surface area (Å²) in [4.78, 5) is 38.8. The van der Waals surface area contributed by atoms with Gasteiger partial charge in [-0.2, -0.15) is 15.0 Å². The molecule has 1 amide bonds. The third-order valence-electron chi connectivity index (χ3n) is 4.66. The van der Waals surface area contributed by atoms with Gasteiger partial charge in [0.05, 0.1) is 6.54 Å². The number of likely N-dealkylation sites (N-methyl/N-ethyl adjacent to an activating group) is 1. The lowest BCUT2D eigenvalue weighted by molar-refractivity contribution is 0.0959. The van der Waals surface area contributed by atoms with E-state index in [0.717, 1.165) is 26.2 Å². The molecular weight excluding hydrogens is 420 g/mol. The molecule has 1 aliphatic rings. The largest absolute Gasteiger partial charge is 0.357 e. The first kappa shape index (κ1) is 22.5. The van der Waals surface area contributed by atoms with Crippen LogP contribution in [0.5, 0.6) is 0 Å². The van der Waals surface area contributed by atoms with Gasteiger partial charge < -0.3 is 25.8 Å². The van der Waals surface area contributed by atoms with Gasteiger partial charge >= 0.3 is 0 Å². The van der Waals surface area contributed by atoms with Crippen LogP contribution in [-0.4, -0.2) is 82.5 Å². The second-order valence-corrected chi connectivity index (χ2v) is 7.20. The fraction of sp³-hybridized carbons (Fsp3) is 0.474. The molecule has 1 fully saturated rings. The molecule has 0 radical (unpaired) electrons. The van der Waals surface area contributed by atoms with Crippen LogP contribution in [0.2, 0.25) is 5.15 Å². The summed E-state index contributed by atoms with van der Waals surface area (Å²) >= 11 is 6.16. The molecule has 2 aromatic rings. The van der Waals surface area contributed by atoms with Gasteiger partial charge in [0, 0.05) is 39.6 Å². The topological polar surface area (TPSA) is 124 Å². The Morgan fingerprint density at radius 2 is 1.87 bits per heavy atom. The van der Waals surface area contributed by atoms with Crippen molar-refractivity contribution >= 4 is 41.0 Å². The molecule has 2 aromatic heterocycles. The number of carbonyl (C=O) groups is 1. The van der Waals surface area contributed by atoms with Crippen molar-refractivity contribution in [2.45, 2.75) is 13.3 Å². The van der Waals surface area contributed by atoms with Crippen LogP contribution in [-0.2, 0) is 6.42 Å². The van der Waals surface area contributed by atoms with Crippen molar-refractivity contribution in [2.24, 2.45) is 0 Å². The summed E-state index contributed by atoms with van der Waals surface area (Å²) in [6.07, 6.45) is 5.92. The van der Waals surface area contributed by atoms with E-state index in [9.17, 15) is 4.79 Å². The number of carbonyl (C=O) groups excluding carboxylic acids is 1. The molecule has 0 bridgehead atoms. The van der Waals surface area contributed by atoms with Crippen molar-refractivity contribution in [3.63, 3.8) is 0 Å². The van der Waals surface area contributed by atoms with Crippen LogP contribution >= 0.6 is 11.6 Å². The Morgan fingerprint density at radius 1 is 1.13 bits per heavy atom. The number of terminal acetylenes is 1. The molecule has 0 unspecified atom stereocenters. The lowest BCUT2D eigenvalue weighted by atomic mass is 10.3. The Labute approximate surface area is 186 Å². The number of rotatable bonds is 7. The first-order chi connectivity index (χ1) is 14.9. The van der Waals surface area contributed by atoms with Crippen LogP contribution in [0.3, 0.4) is 0 Å². The number of aryl methyl sites for hydroxylation is 1. The molecule has 1 aliphatic heterocycles. The Balaban J connectivity index is 1.97. The van der Waals surface area contributed by atoms with E-state index in [1.807, 2.05) is 6.92 Å². The van der Waals surface area contributed by atoms with E-state index < -0.39 is 5.91 Å². The second-order valence-electron chi connectivity index (χ2n) is 6.84. The normalized spacial score (nSPS) is 14.1. The summed E-state index contributed by atoms with van der Waals surface area (Å²) in [7, 11) is 3.58. The molecule has 0 saturated carbocycles. The average molecular weight is 445 g/mol. The van der Waals surface area contributed by atoms with Crippen LogP contribution in [0.4, 0.5) is 23.5 Å². The third-order valence-corrected chi connectivity index (χ3v) is 4.92. The van der Waals surface area contributed by atoms with Gasteiger partial charge in [0.1, 0.15) is 5.82 Å². The summed E-state index contributed by atoms with van der Waals surface area (Å²) in [5.41, 5.74) is 0.0124. The van der Waals surface area contributed by atoms with Crippen molar-refractivity contribution in [3.8, 4) is 12.3 Å². The number of anilines is 4. The number of halogens is 1. The van der Waals surface area contributed by atoms with Gasteiger partial charge in [-0.15, -0.1) is 6.42 Å². The highest BCUT2D eigenvalue weighted by Crippen LogP contribution is 2.24. The molecule has 11 nitrogen and oxygen atoms in total. The summed E-state index contributed by atoms with van der Waals surface area (Å²) in [6.45, 7) is 5.63. The number of amides is 1. The van der Waals surface area contributed by atoms with Crippen molar-refractivity contribution in [1.29, 1.82) is 0 Å². The van der Waals surface area contributed by atoms with Crippen molar-refractivity contribution in [3.05, 3.63) is 16.7 Å². The monoisotopic (exact) mass is 444 g/mol. The van der Waals surface area contributed by atoms with Crippen LogP contribution in [0.15, 0.2) is 0 Å². The third kappa shape index (κ3) is 5.48. The minimum Gasteiger partial charge on any atom is -0.357 e. The van der Waals surface area contributed by atoms with Gasteiger partial charge in [0.2, 0.25) is 11.9 Å². The van der Waals surface area contributed by atoms with E-state index in [-0.39, 0.29) is 35.0 Å². The molecule has 3 rings (SSSR count). The van der Waals surface area contributed by atoms with E-state index in [1.54, 1.807) is 0 Å². The van der Waals surface area contributed by atoms with E-state index in [1.165, 1.54) is 7.05 Å². The van der Waals surface area contributed by atoms with Gasteiger partial charge in [-0.3, -0.25) is 4.79 Å². The van der Waals surface area contributed by atoms with E-state index in [2.05, 4.69) is 63.6 Å². The molecule has 0 atom stereocenters. The minimum absolute atomic E-state index is 0.0124. The van der Waals surface area contributed by atoms with Gasteiger partial charge in [-0.25, -0.2) is 9.97 Å². The zero-order chi connectivity index (χ0) is 22.4. The predicted octanol–water partition coefficient (Wildman–Crippen LogP) is 0.778. The highest BCUT2D eigenvalue weighted by molar-refractivity contribution is 6.32. The zero-order valence-corrected chi connectivity index (χ0v) is 18.5. The number of hydrogen-bond acceptors (Lipinski definition) is 10. The highest BCUT2D eigenvalue weighted by atomic mass is 35.5. The Bertz CT molecular complexity index is 984. The first-order valence-corrected chi connectivity index (χ1v) is 10.2. The van der Waals surface area contributed by atoms with Gasteiger partial charge in [-0.1, -0.05) is 24.4 Å². The maximum atomic E-state index is 12.3. The van der Waals surface area contributed by atoms with Gasteiger partial charge in [0.15, 0.2) is 22.5 Å². The minimum atomic E-state index is -0.454. The maximum absolute atomic E-state index is 12.3. The van der Waals surface area contributed by atoms with E-state index in [4.69, 9.17) is 18.0 Å². The van der Waals surface area contributed by atoms with Gasteiger partial charge in [0.25, 0.3) is 5.91 Å². The Kier molecular flexibility index (Phi) is 7.38. The molecule has 0 aromatic carbocycles. The van der Waals surface area contributed by atoms with E-state index >= 15 is 0 Å². The number of nitrogens with zero attached hydrogens (tertiary/aromatic N) is 7. The number of piperazine rings is 1. The van der Waals surface area contributed by atoms with Crippen LogP contribution < -0.4 is 20.9 Å². The smallest absolute Gasteiger partial charge is 0.273 e. The van der Waals surface area contributed by atoms with Crippen molar-refractivity contribution < 1.29 is 4.79 Å². The molecule has 1 saturated heterocycles. The molecule has 0 aliphatic carbocycles. The molecule has 0 spiro atoms. The molecule has 31 heavy (non-hydrogen) atoms. The summed E-state index contributed by atoms with van der Waals surface area (Å²) in [5, 5.41) is 8.45. The van der Waals surface area contributed by atoms with Crippen LogP contribution in [0, 0.1) is 12.3 Å². The van der Waals surface area contributed by atoms with Crippen molar-refractivity contribution in [2.75, 3.05) is 62.4 Å². The molecule has 12 heteroatoms. The fourth-order valence-electron chi connectivity index (χ4n) is 2.90. The Morgan fingerprint density at radius 3 is 2.52 bits per heavy atom. The summed E-state index contributed by atoms with van der Waals surface area (Å²) in [5.74, 6) is 3.87. The zero-order valence-electron chi connectivity index (χ0n) is 17.7. The number of aromatic nitrogens is 5. The van der Waals surface area contributed by atoms with Crippen LogP contribution in [0.1, 0.15) is 23.2 Å². The predicted molar refractivity (Wildman–Crippen MR) is 120 cm³/mol. The summed E-state index contributed by atoms with van der Waals surface area (Å²) in [6, 6.07) is 0. The van der Waals surface area contributed by atoms with E-state index in [0.29, 0.717) is 18.2 Å². The number of hydrogen-bond donors (Lipinski definition) is 3. The van der Waals surface area contributed by atoms with Crippen molar-refractivity contribution in [1.82, 2.24) is 35.1 Å². The lowest BCUT2D eigenvalue weighted by Crippen LogP contribution is -2.45. The second kappa shape index (κ2) is 10.2. The standard InChI is InChI=1S/C19H25ClN10O/c1-5-7-22-16-14(20)25-13(17(31)21-3)15(26-16)27-18-23-12(6-2)24-19(28-18)30-10-8-29(4)9-11-30/h1H,6-11H2,2-4H3,(H,21,31)(H2,22,23,24,26,27,28). The maximum Gasteiger partial charge on any atom is 0.273 e. The molecule has 3 heterocycles. The highest BCUT2D eigenvalue weighted by Gasteiger charge is 2.21. The number of nitrogens with one attached hydrogen (secondary N) is 3. The lowest BCUT2D eigenvalue weighted by Gasteiger charge is -2.32. The Hall–Kier alpha value is -3.23. The fourth-order valence-corrected chi connectivity index (χ4v) is 3.09. The average Bonchev–Trinajstić information content (AvgIpc) is 2.78. The SMILES string of the molecule is C#CCNc1nc(Nc2nc(CC)nc(N3CCN(C)CC3)n2)c(C(=O)NC)nc1Cl. The van der Waals surface area contributed by atoms with Crippen LogP contribution in [0.25, 0.3) is 0 Å². The molecular formula is C19H25ClN10O. The molecule has 164 valence electrons. The molecule has 3 N–H and O–H groups in total. The first-order valence-electron chi connectivity index (χ1n) is 9.87. The van der Waals surface area contributed by atoms with Gasteiger partial charge in [-0.05, 0) is 7.05 Å². The quantitative estimate of drug-likeness (QED) is 0.527. The summed E-state index contributed by atoms with van der Waals surface area (Å²) < 4.78 is 0.